The molecular formula is C15H17ClFNS. The van der Waals surface area contributed by atoms with Gasteiger partial charge in [0.15, 0.2) is 0 Å². The first-order chi connectivity index (χ1) is 8.97. The first-order valence-electron chi connectivity index (χ1n) is 6.24. The van der Waals surface area contributed by atoms with Crippen molar-refractivity contribution in [3.63, 3.8) is 0 Å². The Kier molecular flexibility index (Phi) is 4.61. The standard InChI is InChI=1S/C15H17ClFNS/c1-9-4-5-12(8-13(9)17)10(2)18-11(3)14-6-7-15(16)19-14/h4-8,10-11,18H,1-3H3. The highest BCUT2D eigenvalue weighted by atomic mass is 35.5. The molecule has 2 atom stereocenters. The maximum absolute atomic E-state index is 13.6. The van der Waals surface area contributed by atoms with Crippen LogP contribution in [0, 0.1) is 12.7 Å². The second-order valence-corrected chi connectivity index (χ2v) is 6.51. The van der Waals surface area contributed by atoms with Crippen molar-refractivity contribution >= 4 is 22.9 Å². The van der Waals surface area contributed by atoms with Gasteiger partial charge in [-0.05, 0) is 50.1 Å². The van der Waals surface area contributed by atoms with Gasteiger partial charge in [0, 0.05) is 17.0 Å². The van der Waals surface area contributed by atoms with E-state index in [0.717, 1.165) is 9.90 Å². The van der Waals surface area contributed by atoms with Crippen LogP contribution >= 0.6 is 22.9 Å². The number of thiophene rings is 1. The van der Waals surface area contributed by atoms with Gasteiger partial charge in [0.1, 0.15) is 5.82 Å². The predicted molar refractivity (Wildman–Crippen MR) is 80.4 cm³/mol. The van der Waals surface area contributed by atoms with Crippen LogP contribution in [0.4, 0.5) is 4.39 Å². The van der Waals surface area contributed by atoms with E-state index in [1.54, 1.807) is 24.3 Å². The molecule has 1 N–H and O–H groups in total. The van der Waals surface area contributed by atoms with Crippen molar-refractivity contribution in [2.75, 3.05) is 0 Å². The summed E-state index contributed by atoms with van der Waals surface area (Å²) in [4.78, 5) is 1.18. The van der Waals surface area contributed by atoms with E-state index in [0.29, 0.717) is 5.56 Å². The Morgan fingerprint density at radius 3 is 2.47 bits per heavy atom. The molecule has 2 aromatic rings. The molecule has 0 spiro atoms. The first kappa shape index (κ1) is 14.5. The molecule has 1 aromatic heterocycles. The first-order valence-corrected chi connectivity index (χ1v) is 7.44. The Morgan fingerprint density at radius 2 is 1.89 bits per heavy atom. The van der Waals surface area contributed by atoms with Crippen LogP contribution in [0.2, 0.25) is 4.34 Å². The van der Waals surface area contributed by atoms with Crippen molar-refractivity contribution < 1.29 is 4.39 Å². The maximum atomic E-state index is 13.6. The van der Waals surface area contributed by atoms with Gasteiger partial charge in [-0.25, -0.2) is 4.39 Å². The zero-order valence-corrected chi connectivity index (χ0v) is 12.8. The maximum Gasteiger partial charge on any atom is 0.126 e. The molecule has 0 amide bonds. The normalized spacial score (nSPS) is 14.4. The smallest absolute Gasteiger partial charge is 0.126 e. The summed E-state index contributed by atoms with van der Waals surface area (Å²) in [5, 5.41) is 3.46. The average Bonchev–Trinajstić information content (AvgIpc) is 2.79. The Morgan fingerprint density at radius 1 is 1.16 bits per heavy atom. The number of rotatable bonds is 4. The third-order valence-corrected chi connectivity index (χ3v) is 4.63. The fraction of sp³-hybridized carbons (Fsp3) is 0.333. The van der Waals surface area contributed by atoms with E-state index in [1.807, 2.05) is 31.2 Å². The largest absolute Gasteiger partial charge is 0.303 e. The molecule has 0 aliphatic rings. The number of hydrogen-bond donors (Lipinski definition) is 1. The van der Waals surface area contributed by atoms with Crippen molar-refractivity contribution in [2.24, 2.45) is 0 Å². The Hall–Kier alpha value is -0.900. The lowest BCUT2D eigenvalue weighted by Gasteiger charge is -2.19. The molecule has 19 heavy (non-hydrogen) atoms. The van der Waals surface area contributed by atoms with Crippen molar-refractivity contribution in [3.05, 3.63) is 56.5 Å². The van der Waals surface area contributed by atoms with Gasteiger partial charge in [-0.1, -0.05) is 23.7 Å². The number of nitrogens with one attached hydrogen (secondary N) is 1. The lowest BCUT2D eigenvalue weighted by atomic mass is 10.1. The quantitative estimate of drug-likeness (QED) is 0.811. The van der Waals surface area contributed by atoms with Gasteiger partial charge < -0.3 is 5.32 Å². The summed E-state index contributed by atoms with van der Waals surface area (Å²) in [5.41, 5.74) is 1.63. The van der Waals surface area contributed by atoms with Gasteiger partial charge in [-0.15, -0.1) is 11.3 Å². The van der Waals surface area contributed by atoms with E-state index in [2.05, 4.69) is 12.2 Å². The molecule has 2 rings (SSSR count). The van der Waals surface area contributed by atoms with E-state index in [4.69, 9.17) is 11.6 Å². The van der Waals surface area contributed by atoms with Gasteiger partial charge in [0.25, 0.3) is 0 Å². The van der Waals surface area contributed by atoms with E-state index in [9.17, 15) is 4.39 Å². The van der Waals surface area contributed by atoms with Crippen molar-refractivity contribution in [1.29, 1.82) is 0 Å². The molecule has 4 heteroatoms. The molecule has 0 saturated heterocycles. The highest BCUT2D eigenvalue weighted by Crippen LogP contribution is 2.28. The molecule has 0 radical (unpaired) electrons. The zero-order valence-electron chi connectivity index (χ0n) is 11.2. The van der Waals surface area contributed by atoms with Crippen LogP contribution in [0.3, 0.4) is 0 Å². The fourth-order valence-corrected chi connectivity index (χ4v) is 3.07. The van der Waals surface area contributed by atoms with Gasteiger partial charge in [0.2, 0.25) is 0 Å². The molecule has 0 saturated carbocycles. The summed E-state index contributed by atoms with van der Waals surface area (Å²) >= 11 is 7.50. The second-order valence-electron chi connectivity index (χ2n) is 4.76. The summed E-state index contributed by atoms with van der Waals surface area (Å²) in [7, 11) is 0. The molecular weight excluding hydrogens is 281 g/mol. The number of aryl methyl sites for hydroxylation is 1. The van der Waals surface area contributed by atoms with Gasteiger partial charge >= 0.3 is 0 Å². The fourth-order valence-electron chi connectivity index (χ4n) is 1.99. The molecule has 1 nitrogen and oxygen atoms in total. The molecule has 1 heterocycles. The molecule has 0 aliphatic heterocycles. The minimum atomic E-state index is -0.155. The summed E-state index contributed by atoms with van der Waals surface area (Å²) < 4.78 is 14.3. The van der Waals surface area contributed by atoms with Gasteiger partial charge in [-0.2, -0.15) is 0 Å². The van der Waals surface area contributed by atoms with E-state index >= 15 is 0 Å². The lowest BCUT2D eigenvalue weighted by Crippen LogP contribution is -2.21. The molecule has 102 valence electrons. The highest BCUT2D eigenvalue weighted by molar-refractivity contribution is 7.16. The Labute approximate surface area is 122 Å². The van der Waals surface area contributed by atoms with E-state index < -0.39 is 0 Å². The zero-order chi connectivity index (χ0) is 14.0. The number of benzene rings is 1. The topological polar surface area (TPSA) is 12.0 Å². The van der Waals surface area contributed by atoms with Gasteiger partial charge in [0.05, 0.1) is 4.34 Å². The van der Waals surface area contributed by atoms with E-state index in [-0.39, 0.29) is 17.9 Å². The minimum Gasteiger partial charge on any atom is -0.303 e. The average molecular weight is 298 g/mol. The molecule has 0 bridgehead atoms. The van der Waals surface area contributed by atoms with Crippen molar-refractivity contribution in [3.8, 4) is 0 Å². The summed E-state index contributed by atoms with van der Waals surface area (Å²) in [6, 6.07) is 9.58. The number of hydrogen-bond acceptors (Lipinski definition) is 2. The third kappa shape index (κ3) is 3.56. The molecule has 1 aromatic carbocycles. The molecule has 2 unspecified atom stereocenters. The Bertz CT molecular complexity index is 567. The van der Waals surface area contributed by atoms with Gasteiger partial charge in [-0.3, -0.25) is 0 Å². The summed E-state index contributed by atoms with van der Waals surface area (Å²) in [6.45, 7) is 5.90. The summed E-state index contributed by atoms with van der Waals surface area (Å²) in [6.07, 6.45) is 0. The Balaban J connectivity index is 2.07. The monoisotopic (exact) mass is 297 g/mol. The highest BCUT2D eigenvalue weighted by Gasteiger charge is 2.13. The lowest BCUT2D eigenvalue weighted by molar-refractivity contribution is 0.496. The summed E-state index contributed by atoms with van der Waals surface area (Å²) in [5.74, 6) is -0.155. The van der Waals surface area contributed by atoms with Crippen LogP contribution in [0.25, 0.3) is 0 Å². The minimum absolute atomic E-state index is 0.0889. The van der Waals surface area contributed by atoms with Crippen LogP contribution in [-0.4, -0.2) is 0 Å². The molecule has 0 aliphatic carbocycles. The van der Waals surface area contributed by atoms with Crippen LogP contribution in [0.1, 0.15) is 41.9 Å². The number of halogens is 2. The van der Waals surface area contributed by atoms with Crippen LogP contribution < -0.4 is 5.32 Å². The third-order valence-electron chi connectivity index (χ3n) is 3.22. The van der Waals surface area contributed by atoms with Crippen LogP contribution in [0.15, 0.2) is 30.3 Å². The van der Waals surface area contributed by atoms with Crippen molar-refractivity contribution in [1.82, 2.24) is 5.32 Å². The predicted octanol–water partition coefficient (Wildman–Crippen LogP) is 5.26. The second kappa shape index (κ2) is 6.04. The molecule has 0 fully saturated rings. The van der Waals surface area contributed by atoms with Crippen molar-refractivity contribution in [2.45, 2.75) is 32.9 Å². The SMILES string of the molecule is Cc1ccc(C(C)NC(C)c2ccc(Cl)s2)cc1F. The van der Waals surface area contributed by atoms with Crippen LogP contribution in [0.5, 0.6) is 0 Å². The van der Waals surface area contributed by atoms with Crippen LogP contribution in [-0.2, 0) is 0 Å². The van der Waals surface area contributed by atoms with E-state index in [1.165, 1.54) is 4.88 Å².